The predicted molar refractivity (Wildman–Crippen MR) is 147 cm³/mol. The molecule has 0 aliphatic heterocycles. The molecule has 4 rings (SSSR count). The molecule has 2 heterocycles. The first-order chi connectivity index (χ1) is 16.9. The van der Waals surface area contributed by atoms with Crippen molar-refractivity contribution in [3.63, 3.8) is 0 Å². The van der Waals surface area contributed by atoms with Crippen LogP contribution in [-0.2, 0) is 6.54 Å². The van der Waals surface area contributed by atoms with E-state index in [1.165, 1.54) is 11.1 Å². The zero-order valence-electron chi connectivity index (χ0n) is 21.0. The molecule has 0 bridgehead atoms. The summed E-state index contributed by atoms with van der Waals surface area (Å²) < 4.78 is 2.12. The lowest BCUT2D eigenvalue weighted by Gasteiger charge is -2.14. The average molecular weight is 467 g/mol. The number of nitrogens with one attached hydrogen (secondary N) is 3. The van der Waals surface area contributed by atoms with Crippen molar-refractivity contribution in [3.05, 3.63) is 108 Å². The molecule has 35 heavy (non-hydrogen) atoms. The van der Waals surface area contributed by atoms with Crippen LogP contribution in [0.15, 0.2) is 95.7 Å². The van der Waals surface area contributed by atoms with Gasteiger partial charge in [-0.25, -0.2) is 9.98 Å². The number of aliphatic imine (C=N–C) groups is 1. The summed E-state index contributed by atoms with van der Waals surface area (Å²) in [7, 11) is 0. The lowest BCUT2D eigenvalue weighted by atomic mass is 10.1. The van der Waals surface area contributed by atoms with Crippen LogP contribution in [-0.4, -0.2) is 21.8 Å². The fourth-order valence-corrected chi connectivity index (χ4v) is 3.99. The number of amidine groups is 1. The number of nitrogens with zero attached hydrogens (tertiary/aromatic N) is 3. The van der Waals surface area contributed by atoms with Crippen LogP contribution in [0, 0.1) is 6.92 Å². The van der Waals surface area contributed by atoms with Crippen LogP contribution in [0.5, 0.6) is 0 Å². The third kappa shape index (κ3) is 5.97. The summed E-state index contributed by atoms with van der Waals surface area (Å²) in [6.07, 6.45) is 10.9. The Hall–Kier alpha value is -3.90. The molecule has 6 nitrogen and oxygen atoms in total. The highest BCUT2D eigenvalue weighted by atomic mass is 15.0. The van der Waals surface area contributed by atoms with Gasteiger partial charge in [-0.05, 0) is 67.8 Å². The summed E-state index contributed by atoms with van der Waals surface area (Å²) in [6.45, 7) is 14.3. The Bertz CT molecular complexity index is 1350. The molecule has 0 spiro atoms. The quantitative estimate of drug-likeness (QED) is 0.269. The van der Waals surface area contributed by atoms with Gasteiger partial charge in [0, 0.05) is 42.4 Å². The minimum atomic E-state index is 0.787. The second-order valence-electron chi connectivity index (χ2n) is 8.82. The monoisotopic (exact) mass is 466 g/mol. The normalized spacial score (nSPS) is 14.2. The number of aryl methyl sites for hydroxylation is 1. The molecular weight excluding hydrogens is 432 g/mol. The molecule has 0 radical (unpaired) electrons. The number of fused-ring (bicyclic) bond motifs is 1. The van der Waals surface area contributed by atoms with Gasteiger partial charge < -0.3 is 16.0 Å². The molecular formula is C29H34N6. The molecule has 0 saturated carbocycles. The highest BCUT2D eigenvalue weighted by Crippen LogP contribution is 2.25. The number of anilines is 1. The lowest BCUT2D eigenvalue weighted by Crippen LogP contribution is -2.19. The number of para-hydroxylation sites is 1. The summed E-state index contributed by atoms with van der Waals surface area (Å²) >= 11 is 0. The van der Waals surface area contributed by atoms with Crippen molar-refractivity contribution in [2.24, 2.45) is 4.99 Å². The molecule has 0 fully saturated rings. The molecule has 1 aliphatic rings. The molecule has 1 aromatic carbocycles. The van der Waals surface area contributed by atoms with Gasteiger partial charge in [-0.1, -0.05) is 43.8 Å². The minimum absolute atomic E-state index is 0.787. The number of hydrogen-bond acceptors (Lipinski definition) is 4. The van der Waals surface area contributed by atoms with Crippen molar-refractivity contribution < 1.29 is 0 Å². The largest absolute Gasteiger partial charge is 0.356 e. The van der Waals surface area contributed by atoms with E-state index in [1.54, 1.807) is 0 Å². The topological polar surface area (TPSA) is 65.8 Å². The first-order valence-corrected chi connectivity index (χ1v) is 12.0. The van der Waals surface area contributed by atoms with Gasteiger partial charge in [0.1, 0.15) is 11.5 Å². The predicted octanol–water partition coefficient (Wildman–Crippen LogP) is 5.96. The summed E-state index contributed by atoms with van der Waals surface area (Å²) in [5, 5.41) is 10.2. The van der Waals surface area contributed by atoms with Crippen molar-refractivity contribution >= 4 is 22.7 Å². The van der Waals surface area contributed by atoms with E-state index in [0.29, 0.717) is 0 Å². The maximum Gasteiger partial charge on any atom is 0.137 e. The van der Waals surface area contributed by atoms with E-state index < -0.39 is 0 Å². The summed E-state index contributed by atoms with van der Waals surface area (Å²) in [6, 6.07) is 12.4. The van der Waals surface area contributed by atoms with Gasteiger partial charge in [-0.3, -0.25) is 4.40 Å². The molecule has 0 atom stereocenters. The van der Waals surface area contributed by atoms with Crippen LogP contribution in [0.4, 0.5) is 5.69 Å². The van der Waals surface area contributed by atoms with Gasteiger partial charge >= 0.3 is 0 Å². The van der Waals surface area contributed by atoms with E-state index >= 15 is 0 Å². The fourth-order valence-electron chi connectivity index (χ4n) is 3.99. The van der Waals surface area contributed by atoms with E-state index in [0.717, 1.165) is 64.9 Å². The van der Waals surface area contributed by atoms with Gasteiger partial charge in [-0.2, -0.15) is 0 Å². The molecule has 1 aliphatic carbocycles. The Morgan fingerprint density at radius 2 is 1.97 bits per heavy atom. The standard InChI is InChI=1S/C29H34N6/c1-6-30-17-24-11-14-29-32-18-28(35(29)19-24)21(3)16-31-23(5)34-26-13-12-25(15-26)22(4)33-27-10-8-7-9-20(27)2/h7-14,16,18-19,30,33H,4,6,15,17H2,1-3,5H3,(H,31,34)/b21-16+. The number of pyridine rings is 1. The first kappa shape index (κ1) is 24.2. The Balaban J connectivity index is 1.37. The van der Waals surface area contributed by atoms with Crippen LogP contribution < -0.4 is 16.0 Å². The third-order valence-electron chi connectivity index (χ3n) is 6.03. The fraction of sp³-hybridized carbons (Fsp3) is 0.241. The highest BCUT2D eigenvalue weighted by Gasteiger charge is 2.13. The highest BCUT2D eigenvalue weighted by molar-refractivity contribution is 5.83. The molecule has 0 amide bonds. The molecule has 0 unspecified atom stereocenters. The lowest BCUT2D eigenvalue weighted by molar-refractivity contribution is 0.723. The van der Waals surface area contributed by atoms with E-state index in [1.807, 2.05) is 31.5 Å². The van der Waals surface area contributed by atoms with Crippen molar-refractivity contribution in [2.45, 2.75) is 40.7 Å². The van der Waals surface area contributed by atoms with E-state index in [4.69, 9.17) is 0 Å². The Morgan fingerprint density at radius 1 is 1.14 bits per heavy atom. The van der Waals surface area contributed by atoms with Crippen molar-refractivity contribution in [1.29, 1.82) is 0 Å². The van der Waals surface area contributed by atoms with Crippen molar-refractivity contribution in [3.8, 4) is 0 Å². The van der Waals surface area contributed by atoms with Crippen LogP contribution in [0.2, 0.25) is 0 Å². The Morgan fingerprint density at radius 3 is 2.77 bits per heavy atom. The molecule has 3 N–H and O–H groups in total. The van der Waals surface area contributed by atoms with E-state index in [2.05, 4.69) is 100 Å². The second-order valence-corrected chi connectivity index (χ2v) is 8.82. The van der Waals surface area contributed by atoms with Crippen LogP contribution in [0.1, 0.15) is 44.0 Å². The van der Waals surface area contributed by atoms with Crippen molar-refractivity contribution in [1.82, 2.24) is 20.0 Å². The minimum Gasteiger partial charge on any atom is -0.356 e. The van der Waals surface area contributed by atoms with E-state index in [9.17, 15) is 0 Å². The maximum atomic E-state index is 4.66. The average Bonchev–Trinajstić information content (AvgIpc) is 3.49. The van der Waals surface area contributed by atoms with Crippen LogP contribution in [0.3, 0.4) is 0 Å². The summed E-state index contributed by atoms with van der Waals surface area (Å²) in [5.41, 5.74) is 9.70. The summed E-state index contributed by atoms with van der Waals surface area (Å²) in [5.74, 6) is 0.837. The number of benzene rings is 1. The van der Waals surface area contributed by atoms with Gasteiger partial charge in [-0.15, -0.1) is 0 Å². The van der Waals surface area contributed by atoms with Gasteiger partial charge in [0.15, 0.2) is 0 Å². The molecule has 3 aromatic rings. The zero-order chi connectivity index (χ0) is 24.8. The third-order valence-corrected chi connectivity index (χ3v) is 6.03. The Labute approximate surface area is 207 Å². The van der Waals surface area contributed by atoms with Crippen molar-refractivity contribution in [2.75, 3.05) is 11.9 Å². The Kier molecular flexibility index (Phi) is 7.63. The number of rotatable bonds is 9. The maximum absolute atomic E-state index is 4.66. The SMILES string of the molecule is C=C(Nc1ccccc1C)C1=CC=C(NC(C)=N/C=C(\C)c2cnc3ccc(CNCC)cn23)C1. The molecule has 180 valence electrons. The van der Waals surface area contributed by atoms with Gasteiger partial charge in [0.2, 0.25) is 0 Å². The first-order valence-electron chi connectivity index (χ1n) is 12.0. The van der Waals surface area contributed by atoms with Gasteiger partial charge in [0.05, 0.1) is 11.9 Å². The molecule has 0 saturated heterocycles. The number of imidazole rings is 1. The smallest absolute Gasteiger partial charge is 0.137 e. The zero-order valence-corrected chi connectivity index (χ0v) is 21.0. The van der Waals surface area contributed by atoms with Crippen LogP contribution >= 0.6 is 0 Å². The number of allylic oxidation sites excluding steroid dienone is 5. The molecule has 2 aromatic heterocycles. The van der Waals surface area contributed by atoms with Gasteiger partial charge in [0.25, 0.3) is 0 Å². The van der Waals surface area contributed by atoms with Crippen LogP contribution in [0.25, 0.3) is 11.2 Å². The molecule has 6 heteroatoms. The number of aromatic nitrogens is 2. The second kappa shape index (κ2) is 11.0. The summed E-state index contributed by atoms with van der Waals surface area (Å²) in [4.78, 5) is 9.20. The number of hydrogen-bond donors (Lipinski definition) is 3. The van der Waals surface area contributed by atoms with E-state index in [-0.39, 0.29) is 0 Å².